The Labute approximate surface area is 259 Å². The molecular weight excluding hydrogens is 583 g/mol. The number of fused-ring (bicyclic) bond motifs is 2. The van der Waals surface area contributed by atoms with Crippen molar-refractivity contribution in [2.45, 2.75) is 44.7 Å². The summed E-state index contributed by atoms with van der Waals surface area (Å²) in [5.41, 5.74) is 2.65. The van der Waals surface area contributed by atoms with Gasteiger partial charge in [-0.25, -0.2) is 4.79 Å². The number of hydrogen-bond acceptors (Lipinski definition) is 4. The van der Waals surface area contributed by atoms with E-state index in [2.05, 4.69) is 34.1 Å². The molecular formula is C35H36F3N3O4. The molecule has 236 valence electrons. The number of aryl methyl sites for hydroxylation is 2. The molecule has 1 amide bonds. The Hall–Kier alpha value is -4.31. The van der Waals surface area contributed by atoms with Crippen LogP contribution in [-0.4, -0.2) is 66.3 Å². The minimum absolute atomic E-state index is 0.00904. The predicted octanol–water partition coefficient (Wildman–Crippen LogP) is 7.19. The number of aromatic carboxylic acids is 1. The topological polar surface area (TPSA) is 85.9 Å². The quantitative estimate of drug-likeness (QED) is 0.204. The fraction of sp³-hybridized carbons (Fsp3) is 0.371. The van der Waals surface area contributed by atoms with Crippen molar-refractivity contribution < 1.29 is 32.6 Å². The molecule has 0 bridgehead atoms. The molecule has 0 saturated carbocycles. The second-order valence-corrected chi connectivity index (χ2v) is 11.7. The van der Waals surface area contributed by atoms with E-state index in [0.29, 0.717) is 49.2 Å². The third kappa shape index (κ3) is 6.42. The van der Waals surface area contributed by atoms with Gasteiger partial charge in [0.1, 0.15) is 5.69 Å². The average molecular weight is 620 g/mol. The monoisotopic (exact) mass is 619 g/mol. The highest BCUT2D eigenvalue weighted by molar-refractivity contribution is 6.04. The van der Waals surface area contributed by atoms with E-state index in [0.717, 1.165) is 51.3 Å². The van der Waals surface area contributed by atoms with Gasteiger partial charge in [-0.05, 0) is 73.4 Å². The molecule has 7 nitrogen and oxygen atoms in total. The third-order valence-corrected chi connectivity index (χ3v) is 8.88. The van der Waals surface area contributed by atoms with Crippen molar-refractivity contribution in [1.82, 2.24) is 9.88 Å². The summed E-state index contributed by atoms with van der Waals surface area (Å²) < 4.78 is 48.6. The van der Waals surface area contributed by atoms with Gasteiger partial charge in [0.15, 0.2) is 0 Å². The second-order valence-electron chi connectivity index (χ2n) is 11.7. The highest BCUT2D eigenvalue weighted by Crippen LogP contribution is 2.41. The number of anilines is 1. The van der Waals surface area contributed by atoms with Gasteiger partial charge in [0, 0.05) is 48.4 Å². The summed E-state index contributed by atoms with van der Waals surface area (Å²) in [5, 5.41) is 10.7. The van der Waals surface area contributed by atoms with Gasteiger partial charge in [-0.3, -0.25) is 4.79 Å². The lowest BCUT2D eigenvalue weighted by molar-refractivity contribution is -0.137. The lowest BCUT2D eigenvalue weighted by Crippen LogP contribution is -2.40. The van der Waals surface area contributed by atoms with Crippen LogP contribution in [0.3, 0.4) is 0 Å². The fourth-order valence-electron chi connectivity index (χ4n) is 6.64. The first-order chi connectivity index (χ1) is 21.7. The average Bonchev–Trinajstić information content (AvgIpc) is 3.30. The van der Waals surface area contributed by atoms with Crippen LogP contribution in [0.1, 0.15) is 63.2 Å². The van der Waals surface area contributed by atoms with Crippen LogP contribution in [0.4, 0.5) is 18.9 Å². The molecule has 3 heterocycles. The Kier molecular flexibility index (Phi) is 8.85. The van der Waals surface area contributed by atoms with Crippen molar-refractivity contribution in [3.63, 3.8) is 0 Å². The van der Waals surface area contributed by atoms with Crippen molar-refractivity contribution in [1.29, 1.82) is 0 Å². The highest BCUT2D eigenvalue weighted by atomic mass is 19.4. The molecule has 2 aliphatic heterocycles. The lowest BCUT2D eigenvalue weighted by Gasteiger charge is -2.27. The van der Waals surface area contributed by atoms with E-state index in [9.17, 15) is 27.9 Å². The van der Waals surface area contributed by atoms with E-state index in [-0.39, 0.29) is 22.4 Å². The molecule has 2 aliphatic rings. The molecule has 4 aromatic rings. The molecule has 45 heavy (non-hydrogen) atoms. The van der Waals surface area contributed by atoms with E-state index in [1.54, 1.807) is 18.2 Å². The molecule has 0 radical (unpaired) electrons. The van der Waals surface area contributed by atoms with Crippen LogP contribution in [0, 0.1) is 0 Å². The van der Waals surface area contributed by atoms with Gasteiger partial charge in [0.2, 0.25) is 0 Å². The SMILES string of the molecule is O=C(O)c1[nH]c2c(-c3ccc(C(=O)N4CCOCC4)cc3C(F)(F)F)cccc2c1CCCCN1CCCCc2ccccc21. The van der Waals surface area contributed by atoms with Crippen molar-refractivity contribution in [3.05, 3.63) is 88.6 Å². The number of ether oxygens (including phenoxy) is 1. The van der Waals surface area contributed by atoms with E-state index in [1.165, 1.54) is 28.3 Å². The number of H-pyrrole nitrogens is 1. The number of benzene rings is 3. The molecule has 3 aromatic carbocycles. The van der Waals surface area contributed by atoms with Crippen LogP contribution < -0.4 is 4.90 Å². The number of carboxylic acid groups (broad SMARTS) is 1. The van der Waals surface area contributed by atoms with Gasteiger partial charge in [0.25, 0.3) is 5.91 Å². The van der Waals surface area contributed by atoms with E-state index in [4.69, 9.17) is 4.74 Å². The summed E-state index contributed by atoms with van der Waals surface area (Å²) in [6.45, 7) is 3.13. The minimum Gasteiger partial charge on any atom is -0.477 e. The van der Waals surface area contributed by atoms with E-state index >= 15 is 0 Å². The Morgan fingerprint density at radius 2 is 1.71 bits per heavy atom. The smallest absolute Gasteiger partial charge is 0.417 e. The number of carbonyl (C=O) groups excluding carboxylic acids is 1. The second kappa shape index (κ2) is 13.0. The van der Waals surface area contributed by atoms with Crippen molar-refractivity contribution in [2.24, 2.45) is 0 Å². The van der Waals surface area contributed by atoms with Crippen LogP contribution in [0.15, 0.2) is 60.7 Å². The number of hydrogen-bond donors (Lipinski definition) is 2. The van der Waals surface area contributed by atoms with Crippen molar-refractivity contribution in [3.8, 4) is 11.1 Å². The minimum atomic E-state index is -4.74. The van der Waals surface area contributed by atoms with Crippen molar-refractivity contribution >= 4 is 28.5 Å². The van der Waals surface area contributed by atoms with Crippen LogP contribution in [0.5, 0.6) is 0 Å². The zero-order valence-electron chi connectivity index (χ0n) is 25.0. The zero-order valence-corrected chi connectivity index (χ0v) is 25.0. The number of halogens is 3. The maximum absolute atomic E-state index is 14.5. The maximum Gasteiger partial charge on any atom is 0.417 e. The van der Waals surface area contributed by atoms with Gasteiger partial charge in [-0.1, -0.05) is 42.5 Å². The summed E-state index contributed by atoms with van der Waals surface area (Å²) in [7, 11) is 0. The number of unbranched alkanes of at least 4 members (excludes halogenated alkanes) is 1. The summed E-state index contributed by atoms with van der Waals surface area (Å²) in [4.78, 5) is 32.1. The first-order valence-corrected chi connectivity index (χ1v) is 15.5. The number of carboxylic acids is 1. The lowest BCUT2D eigenvalue weighted by atomic mass is 9.94. The molecule has 0 unspecified atom stereocenters. The molecule has 1 fully saturated rings. The zero-order chi connectivity index (χ0) is 31.6. The third-order valence-electron chi connectivity index (χ3n) is 8.88. The number of aromatic amines is 1. The fourth-order valence-corrected chi connectivity index (χ4v) is 6.64. The van der Waals surface area contributed by atoms with Gasteiger partial charge in [0.05, 0.1) is 24.3 Å². The summed E-state index contributed by atoms with van der Waals surface area (Å²) in [6.07, 6.45) is 0.630. The Morgan fingerprint density at radius 3 is 2.49 bits per heavy atom. The number of morpholine rings is 1. The Bertz CT molecular complexity index is 1710. The number of rotatable bonds is 8. The van der Waals surface area contributed by atoms with Gasteiger partial charge < -0.3 is 24.6 Å². The first kappa shape index (κ1) is 30.7. The van der Waals surface area contributed by atoms with Crippen LogP contribution in [-0.2, 0) is 23.8 Å². The molecule has 1 saturated heterocycles. The number of nitrogens with zero attached hydrogens (tertiary/aromatic N) is 2. The molecule has 1 aromatic heterocycles. The molecule has 0 spiro atoms. The predicted molar refractivity (Wildman–Crippen MR) is 167 cm³/mol. The molecule has 10 heteroatoms. The standard InChI is InChI=1S/C35H36F3N3O4/c36-35(37,38)29-22-24(33(42)41-18-20-45-21-19-41)14-15-25(29)26-11-7-12-27-28(32(34(43)44)39-31(26)27)10-4-6-17-40-16-5-3-9-23-8-1-2-13-30(23)40/h1-2,7-8,11-15,22,39H,3-6,9-10,16-21H2,(H,43,44). The summed E-state index contributed by atoms with van der Waals surface area (Å²) >= 11 is 0. The number of aromatic nitrogens is 1. The number of alkyl halides is 3. The van der Waals surface area contributed by atoms with Gasteiger partial charge in [-0.15, -0.1) is 0 Å². The number of nitrogens with one attached hydrogen (secondary N) is 1. The Balaban J connectivity index is 1.28. The van der Waals surface area contributed by atoms with Crippen LogP contribution in [0.2, 0.25) is 0 Å². The number of carbonyl (C=O) groups is 2. The molecule has 2 N–H and O–H groups in total. The van der Waals surface area contributed by atoms with Gasteiger partial charge >= 0.3 is 12.1 Å². The summed E-state index contributed by atoms with van der Waals surface area (Å²) in [5.74, 6) is -1.64. The van der Waals surface area contributed by atoms with Crippen LogP contribution >= 0.6 is 0 Å². The number of amides is 1. The Morgan fingerprint density at radius 1 is 0.911 bits per heavy atom. The molecule has 6 rings (SSSR count). The van der Waals surface area contributed by atoms with E-state index in [1.807, 2.05) is 0 Å². The highest BCUT2D eigenvalue weighted by Gasteiger charge is 2.36. The molecule has 0 atom stereocenters. The largest absolute Gasteiger partial charge is 0.477 e. The van der Waals surface area contributed by atoms with E-state index < -0.39 is 23.6 Å². The van der Waals surface area contributed by atoms with Crippen LogP contribution in [0.25, 0.3) is 22.0 Å². The normalized spacial score (nSPS) is 15.6. The van der Waals surface area contributed by atoms with Crippen molar-refractivity contribution in [2.75, 3.05) is 44.3 Å². The molecule has 0 aliphatic carbocycles. The summed E-state index contributed by atoms with van der Waals surface area (Å²) in [6, 6.07) is 17.0. The number of para-hydroxylation sites is 2. The maximum atomic E-state index is 14.5. The van der Waals surface area contributed by atoms with Gasteiger partial charge in [-0.2, -0.15) is 13.2 Å². The first-order valence-electron chi connectivity index (χ1n) is 15.5.